The van der Waals surface area contributed by atoms with Crippen LogP contribution in [0, 0.1) is 6.92 Å². The molecule has 0 saturated heterocycles. The Hall–Kier alpha value is -1.74. The molecule has 0 bridgehead atoms. The standard InChI is InChI=1S/C16H17NOS/c1-3-12-6-4-5-11(2)15(12)17-16(18)13-7-9-14(19)10-8-13/h4-10,19H,3H2,1-2H3,(H,17,18). The molecule has 2 aromatic rings. The maximum absolute atomic E-state index is 12.2. The maximum Gasteiger partial charge on any atom is 0.255 e. The first kappa shape index (κ1) is 13.7. The zero-order valence-electron chi connectivity index (χ0n) is 11.1. The van der Waals surface area contributed by atoms with Crippen molar-refractivity contribution in [2.24, 2.45) is 0 Å². The minimum absolute atomic E-state index is 0.0858. The molecule has 2 aromatic carbocycles. The zero-order chi connectivity index (χ0) is 13.8. The topological polar surface area (TPSA) is 29.1 Å². The molecule has 19 heavy (non-hydrogen) atoms. The van der Waals surface area contributed by atoms with E-state index in [0.29, 0.717) is 5.56 Å². The summed E-state index contributed by atoms with van der Waals surface area (Å²) in [6.07, 6.45) is 0.896. The average molecular weight is 271 g/mol. The van der Waals surface area contributed by atoms with Gasteiger partial charge in [0.15, 0.2) is 0 Å². The van der Waals surface area contributed by atoms with Gasteiger partial charge in [-0.25, -0.2) is 0 Å². The van der Waals surface area contributed by atoms with Crippen molar-refractivity contribution in [2.75, 3.05) is 5.32 Å². The van der Waals surface area contributed by atoms with Crippen molar-refractivity contribution in [1.29, 1.82) is 0 Å². The number of nitrogens with one attached hydrogen (secondary N) is 1. The van der Waals surface area contributed by atoms with Crippen molar-refractivity contribution in [2.45, 2.75) is 25.2 Å². The van der Waals surface area contributed by atoms with Gasteiger partial charge in [0.25, 0.3) is 5.91 Å². The van der Waals surface area contributed by atoms with Gasteiger partial charge in [0.2, 0.25) is 0 Å². The van der Waals surface area contributed by atoms with Gasteiger partial charge in [-0.15, -0.1) is 12.6 Å². The first-order valence-corrected chi connectivity index (χ1v) is 6.75. The monoisotopic (exact) mass is 271 g/mol. The minimum Gasteiger partial charge on any atom is -0.321 e. The number of carbonyl (C=O) groups is 1. The van der Waals surface area contributed by atoms with Crippen LogP contribution in [0.5, 0.6) is 0 Å². The summed E-state index contributed by atoms with van der Waals surface area (Å²) in [6, 6.07) is 13.3. The lowest BCUT2D eigenvalue weighted by molar-refractivity contribution is 0.102. The van der Waals surface area contributed by atoms with Gasteiger partial charge in [0.1, 0.15) is 0 Å². The quantitative estimate of drug-likeness (QED) is 0.809. The summed E-state index contributed by atoms with van der Waals surface area (Å²) < 4.78 is 0. The number of aryl methyl sites for hydroxylation is 2. The molecule has 0 aliphatic carbocycles. The molecule has 0 aliphatic rings. The minimum atomic E-state index is -0.0858. The number of hydrogen-bond donors (Lipinski definition) is 2. The summed E-state index contributed by atoms with van der Waals surface area (Å²) in [7, 11) is 0. The Labute approximate surface area is 119 Å². The third-order valence-electron chi connectivity index (χ3n) is 3.11. The van der Waals surface area contributed by atoms with E-state index in [4.69, 9.17) is 0 Å². The largest absolute Gasteiger partial charge is 0.321 e. The van der Waals surface area contributed by atoms with Crippen LogP contribution < -0.4 is 5.32 Å². The van der Waals surface area contributed by atoms with Crippen LogP contribution in [0.3, 0.4) is 0 Å². The van der Waals surface area contributed by atoms with Crippen molar-refractivity contribution in [3.05, 3.63) is 59.2 Å². The van der Waals surface area contributed by atoms with Crippen LogP contribution in [-0.4, -0.2) is 5.91 Å². The Kier molecular flexibility index (Phi) is 4.27. The number of anilines is 1. The second kappa shape index (κ2) is 5.93. The fraction of sp³-hybridized carbons (Fsp3) is 0.188. The van der Waals surface area contributed by atoms with Gasteiger partial charge in [-0.05, 0) is 48.7 Å². The Bertz CT molecular complexity index is 590. The molecule has 0 saturated carbocycles. The molecule has 98 valence electrons. The van der Waals surface area contributed by atoms with E-state index in [0.717, 1.165) is 28.1 Å². The molecular formula is C16H17NOS. The molecule has 0 aromatic heterocycles. The average Bonchev–Trinajstić information content (AvgIpc) is 2.41. The van der Waals surface area contributed by atoms with Gasteiger partial charge in [-0.3, -0.25) is 4.79 Å². The highest BCUT2D eigenvalue weighted by atomic mass is 32.1. The van der Waals surface area contributed by atoms with Gasteiger partial charge >= 0.3 is 0 Å². The van der Waals surface area contributed by atoms with Crippen molar-refractivity contribution in [3.8, 4) is 0 Å². The van der Waals surface area contributed by atoms with Gasteiger partial charge in [0.05, 0.1) is 0 Å². The molecule has 1 N–H and O–H groups in total. The van der Waals surface area contributed by atoms with Gasteiger partial charge in [-0.1, -0.05) is 25.1 Å². The van der Waals surface area contributed by atoms with Crippen LogP contribution in [0.15, 0.2) is 47.4 Å². The van der Waals surface area contributed by atoms with E-state index in [-0.39, 0.29) is 5.91 Å². The molecule has 0 unspecified atom stereocenters. The summed E-state index contributed by atoms with van der Waals surface area (Å²) in [6.45, 7) is 4.09. The summed E-state index contributed by atoms with van der Waals surface area (Å²) >= 11 is 4.22. The Morgan fingerprint density at radius 1 is 1.16 bits per heavy atom. The van der Waals surface area contributed by atoms with E-state index in [1.165, 1.54) is 0 Å². The number of hydrogen-bond acceptors (Lipinski definition) is 2. The Morgan fingerprint density at radius 2 is 1.84 bits per heavy atom. The van der Waals surface area contributed by atoms with Crippen molar-refractivity contribution >= 4 is 24.2 Å². The fourth-order valence-electron chi connectivity index (χ4n) is 2.00. The van der Waals surface area contributed by atoms with E-state index in [1.807, 2.05) is 37.3 Å². The van der Waals surface area contributed by atoms with Crippen LogP contribution in [0.4, 0.5) is 5.69 Å². The molecule has 0 heterocycles. The van der Waals surface area contributed by atoms with Gasteiger partial charge < -0.3 is 5.32 Å². The molecule has 2 rings (SSSR count). The summed E-state index contributed by atoms with van der Waals surface area (Å²) in [4.78, 5) is 13.1. The lowest BCUT2D eigenvalue weighted by Crippen LogP contribution is -2.14. The molecule has 0 spiro atoms. The smallest absolute Gasteiger partial charge is 0.255 e. The van der Waals surface area contributed by atoms with Crippen LogP contribution in [0.25, 0.3) is 0 Å². The van der Waals surface area contributed by atoms with Gasteiger partial charge in [-0.2, -0.15) is 0 Å². The van der Waals surface area contributed by atoms with Crippen LogP contribution in [0.2, 0.25) is 0 Å². The van der Waals surface area contributed by atoms with Crippen molar-refractivity contribution < 1.29 is 4.79 Å². The highest BCUT2D eigenvalue weighted by Crippen LogP contribution is 2.22. The molecule has 0 fully saturated rings. The number of benzene rings is 2. The number of carbonyl (C=O) groups excluding carboxylic acids is 1. The molecule has 0 radical (unpaired) electrons. The van der Waals surface area contributed by atoms with E-state index in [1.54, 1.807) is 12.1 Å². The number of amides is 1. The molecule has 2 nitrogen and oxygen atoms in total. The van der Waals surface area contributed by atoms with Gasteiger partial charge in [0, 0.05) is 16.1 Å². The van der Waals surface area contributed by atoms with Crippen molar-refractivity contribution in [3.63, 3.8) is 0 Å². The fourth-order valence-corrected chi connectivity index (χ4v) is 2.15. The van der Waals surface area contributed by atoms with Crippen molar-refractivity contribution in [1.82, 2.24) is 0 Å². The summed E-state index contributed by atoms with van der Waals surface area (Å²) in [5.41, 5.74) is 3.80. The highest BCUT2D eigenvalue weighted by Gasteiger charge is 2.10. The molecular weight excluding hydrogens is 254 g/mol. The molecule has 0 aliphatic heterocycles. The number of para-hydroxylation sites is 1. The normalized spacial score (nSPS) is 10.3. The molecule has 0 atom stereocenters. The van der Waals surface area contributed by atoms with E-state index in [9.17, 15) is 4.79 Å². The second-order valence-corrected chi connectivity index (χ2v) is 4.98. The lowest BCUT2D eigenvalue weighted by atomic mass is 10.1. The number of rotatable bonds is 3. The van der Waals surface area contributed by atoms with Crippen LogP contribution >= 0.6 is 12.6 Å². The third-order valence-corrected chi connectivity index (χ3v) is 3.41. The lowest BCUT2D eigenvalue weighted by Gasteiger charge is -2.13. The summed E-state index contributed by atoms with van der Waals surface area (Å²) in [5, 5.41) is 3.00. The third kappa shape index (κ3) is 3.18. The predicted molar refractivity (Wildman–Crippen MR) is 82.2 cm³/mol. The SMILES string of the molecule is CCc1cccc(C)c1NC(=O)c1ccc(S)cc1. The molecule has 3 heteroatoms. The van der Waals surface area contributed by atoms with Crippen LogP contribution in [-0.2, 0) is 6.42 Å². The first-order chi connectivity index (χ1) is 9.11. The zero-order valence-corrected chi connectivity index (χ0v) is 12.0. The van der Waals surface area contributed by atoms with E-state index >= 15 is 0 Å². The highest BCUT2D eigenvalue weighted by molar-refractivity contribution is 7.80. The number of thiol groups is 1. The second-order valence-electron chi connectivity index (χ2n) is 4.46. The van der Waals surface area contributed by atoms with E-state index < -0.39 is 0 Å². The Balaban J connectivity index is 2.26. The molecule has 1 amide bonds. The summed E-state index contributed by atoms with van der Waals surface area (Å²) in [5.74, 6) is -0.0858. The Morgan fingerprint density at radius 3 is 2.47 bits per heavy atom. The van der Waals surface area contributed by atoms with Crippen LogP contribution in [0.1, 0.15) is 28.4 Å². The van der Waals surface area contributed by atoms with E-state index in [2.05, 4.69) is 24.9 Å². The first-order valence-electron chi connectivity index (χ1n) is 6.30. The predicted octanol–water partition coefficient (Wildman–Crippen LogP) is 4.10. The maximum atomic E-state index is 12.2.